The van der Waals surface area contributed by atoms with E-state index in [9.17, 15) is 0 Å². The fraction of sp³-hybridized carbons (Fsp3) is 0.333. The second-order valence-electron chi connectivity index (χ2n) is 4.46. The third-order valence-electron chi connectivity index (χ3n) is 3.43. The van der Waals surface area contributed by atoms with Crippen molar-refractivity contribution in [3.05, 3.63) is 58.3 Å². The molecule has 96 valence electrons. The number of rotatable bonds is 6. The minimum absolute atomic E-state index is 0.155. The van der Waals surface area contributed by atoms with E-state index in [1.165, 1.54) is 10.4 Å². The van der Waals surface area contributed by atoms with Crippen molar-refractivity contribution in [3.8, 4) is 0 Å². The van der Waals surface area contributed by atoms with Crippen LogP contribution in [0.3, 0.4) is 0 Å². The van der Waals surface area contributed by atoms with Gasteiger partial charge in [0.1, 0.15) is 0 Å². The van der Waals surface area contributed by atoms with Crippen molar-refractivity contribution in [3.63, 3.8) is 0 Å². The Morgan fingerprint density at radius 3 is 2.44 bits per heavy atom. The summed E-state index contributed by atoms with van der Waals surface area (Å²) in [6.07, 6.45) is 1.65. The van der Waals surface area contributed by atoms with E-state index in [-0.39, 0.29) is 12.0 Å². The average Bonchev–Trinajstić information content (AvgIpc) is 2.96. The molecule has 0 saturated heterocycles. The van der Waals surface area contributed by atoms with Gasteiger partial charge in [-0.15, -0.1) is 11.3 Å². The van der Waals surface area contributed by atoms with Crippen LogP contribution in [0.1, 0.15) is 23.3 Å². The largest absolute Gasteiger partial charge is 0.396 e. The zero-order valence-corrected chi connectivity index (χ0v) is 11.2. The summed E-state index contributed by atoms with van der Waals surface area (Å²) in [6, 6.07) is 14.6. The van der Waals surface area contributed by atoms with Gasteiger partial charge in [0.05, 0.1) is 0 Å². The maximum absolute atomic E-state index is 9.13. The van der Waals surface area contributed by atoms with Crippen molar-refractivity contribution in [2.75, 3.05) is 13.2 Å². The molecule has 2 rings (SSSR count). The Bertz CT molecular complexity index is 455. The first-order valence-corrected chi connectivity index (χ1v) is 7.12. The van der Waals surface area contributed by atoms with Crippen LogP contribution in [0.4, 0.5) is 0 Å². The average molecular weight is 261 g/mol. The Balaban J connectivity index is 2.44. The molecule has 0 saturated carbocycles. The molecule has 2 aromatic rings. The highest BCUT2D eigenvalue weighted by molar-refractivity contribution is 7.10. The molecular weight excluding hydrogens is 242 g/mol. The predicted octanol–water partition coefficient (Wildman–Crippen LogP) is 2.77. The Hall–Kier alpha value is -1.16. The van der Waals surface area contributed by atoms with E-state index >= 15 is 0 Å². The number of benzene rings is 1. The first-order valence-electron chi connectivity index (χ1n) is 6.24. The van der Waals surface area contributed by atoms with Crippen molar-refractivity contribution < 1.29 is 5.11 Å². The van der Waals surface area contributed by atoms with Crippen LogP contribution in [0.2, 0.25) is 0 Å². The van der Waals surface area contributed by atoms with E-state index in [2.05, 4.69) is 29.6 Å². The van der Waals surface area contributed by atoms with Gasteiger partial charge >= 0.3 is 0 Å². The second-order valence-corrected chi connectivity index (χ2v) is 5.40. The molecule has 3 N–H and O–H groups in total. The fourth-order valence-corrected chi connectivity index (χ4v) is 3.41. The van der Waals surface area contributed by atoms with Gasteiger partial charge in [-0.3, -0.25) is 0 Å². The minimum Gasteiger partial charge on any atom is -0.396 e. The third-order valence-corrected chi connectivity index (χ3v) is 4.50. The van der Waals surface area contributed by atoms with Crippen LogP contribution >= 0.6 is 11.3 Å². The highest BCUT2D eigenvalue weighted by atomic mass is 32.1. The summed E-state index contributed by atoms with van der Waals surface area (Å²) in [6.45, 7) is 0.775. The molecule has 0 bridgehead atoms. The molecule has 0 amide bonds. The molecule has 0 fully saturated rings. The minimum atomic E-state index is -0.155. The van der Waals surface area contributed by atoms with Gasteiger partial charge in [-0.1, -0.05) is 36.4 Å². The van der Waals surface area contributed by atoms with Crippen LogP contribution in [0, 0.1) is 0 Å². The standard InChI is InChI=1S/C15H19NOS/c16-12-15(9-5-10-17,14-8-4-11-18-14)13-6-2-1-3-7-13/h1-4,6-8,11,17H,5,9-10,12,16H2. The topological polar surface area (TPSA) is 46.2 Å². The van der Waals surface area contributed by atoms with E-state index in [0.29, 0.717) is 6.54 Å². The SMILES string of the molecule is NCC(CCCO)(c1ccccc1)c1cccs1. The summed E-state index contributed by atoms with van der Waals surface area (Å²) in [5.74, 6) is 0. The fourth-order valence-electron chi connectivity index (χ4n) is 2.42. The van der Waals surface area contributed by atoms with E-state index in [1.54, 1.807) is 11.3 Å². The van der Waals surface area contributed by atoms with Crippen molar-refractivity contribution in [1.82, 2.24) is 0 Å². The maximum atomic E-state index is 9.13. The Kier molecular flexibility index (Phi) is 4.53. The van der Waals surface area contributed by atoms with E-state index < -0.39 is 0 Å². The Morgan fingerprint density at radius 2 is 1.89 bits per heavy atom. The summed E-state index contributed by atoms with van der Waals surface area (Å²) in [5.41, 5.74) is 7.18. The lowest BCUT2D eigenvalue weighted by Crippen LogP contribution is -2.35. The summed E-state index contributed by atoms with van der Waals surface area (Å²) in [4.78, 5) is 1.28. The van der Waals surface area contributed by atoms with Gasteiger partial charge in [0.25, 0.3) is 0 Å². The summed E-state index contributed by atoms with van der Waals surface area (Å²) < 4.78 is 0. The van der Waals surface area contributed by atoms with Crippen LogP contribution in [0.25, 0.3) is 0 Å². The predicted molar refractivity (Wildman–Crippen MR) is 76.9 cm³/mol. The van der Waals surface area contributed by atoms with Crippen molar-refractivity contribution in [2.24, 2.45) is 5.73 Å². The number of hydrogen-bond donors (Lipinski definition) is 2. The third kappa shape index (κ3) is 2.48. The van der Waals surface area contributed by atoms with E-state index in [1.807, 2.05) is 18.2 Å². The molecule has 0 aliphatic rings. The molecule has 0 aliphatic heterocycles. The van der Waals surface area contributed by atoms with Crippen LogP contribution < -0.4 is 5.73 Å². The second kappa shape index (κ2) is 6.14. The highest BCUT2D eigenvalue weighted by Gasteiger charge is 2.33. The molecule has 0 aliphatic carbocycles. The van der Waals surface area contributed by atoms with Gasteiger partial charge < -0.3 is 10.8 Å². The number of hydrogen-bond acceptors (Lipinski definition) is 3. The molecule has 2 nitrogen and oxygen atoms in total. The van der Waals surface area contributed by atoms with Gasteiger partial charge in [0, 0.05) is 23.4 Å². The van der Waals surface area contributed by atoms with Crippen LogP contribution in [0.5, 0.6) is 0 Å². The smallest absolute Gasteiger partial charge is 0.0431 e. The number of aliphatic hydroxyl groups is 1. The Morgan fingerprint density at radius 1 is 1.11 bits per heavy atom. The van der Waals surface area contributed by atoms with E-state index in [4.69, 9.17) is 10.8 Å². The van der Waals surface area contributed by atoms with Crippen LogP contribution in [-0.2, 0) is 5.41 Å². The molecular formula is C15H19NOS. The monoisotopic (exact) mass is 261 g/mol. The summed E-state index contributed by atoms with van der Waals surface area (Å²) >= 11 is 1.74. The molecule has 1 aromatic carbocycles. The molecule has 1 unspecified atom stereocenters. The number of nitrogens with two attached hydrogens (primary N) is 1. The maximum Gasteiger partial charge on any atom is 0.0431 e. The lowest BCUT2D eigenvalue weighted by molar-refractivity contribution is 0.270. The van der Waals surface area contributed by atoms with Gasteiger partial charge in [-0.25, -0.2) is 0 Å². The van der Waals surface area contributed by atoms with Crippen molar-refractivity contribution >= 4 is 11.3 Å². The number of thiophene rings is 1. The van der Waals surface area contributed by atoms with E-state index in [0.717, 1.165) is 12.8 Å². The normalized spacial score (nSPS) is 14.3. The van der Waals surface area contributed by atoms with Gasteiger partial charge in [0.15, 0.2) is 0 Å². The molecule has 0 spiro atoms. The first kappa shape index (κ1) is 13.3. The van der Waals surface area contributed by atoms with Crippen LogP contribution in [0.15, 0.2) is 47.8 Å². The molecule has 18 heavy (non-hydrogen) atoms. The van der Waals surface area contributed by atoms with Gasteiger partial charge in [-0.05, 0) is 29.9 Å². The highest BCUT2D eigenvalue weighted by Crippen LogP contribution is 2.38. The molecule has 1 aromatic heterocycles. The van der Waals surface area contributed by atoms with Crippen LogP contribution in [-0.4, -0.2) is 18.3 Å². The zero-order valence-electron chi connectivity index (χ0n) is 10.4. The summed E-state index contributed by atoms with van der Waals surface area (Å²) in [7, 11) is 0. The lowest BCUT2D eigenvalue weighted by atomic mass is 9.75. The Labute approximate surface area is 112 Å². The van der Waals surface area contributed by atoms with Gasteiger partial charge in [-0.2, -0.15) is 0 Å². The van der Waals surface area contributed by atoms with Crippen molar-refractivity contribution in [2.45, 2.75) is 18.3 Å². The van der Waals surface area contributed by atoms with Gasteiger partial charge in [0.2, 0.25) is 0 Å². The molecule has 3 heteroatoms. The first-order chi connectivity index (χ1) is 8.83. The summed E-state index contributed by atoms with van der Waals surface area (Å²) in [5, 5.41) is 11.2. The lowest BCUT2D eigenvalue weighted by Gasteiger charge is -2.32. The van der Waals surface area contributed by atoms with Crippen molar-refractivity contribution in [1.29, 1.82) is 0 Å². The quantitative estimate of drug-likeness (QED) is 0.840. The molecule has 1 heterocycles. The number of aliphatic hydroxyl groups excluding tert-OH is 1. The molecule has 1 atom stereocenters. The molecule has 0 radical (unpaired) electrons. The zero-order chi connectivity index (χ0) is 12.8.